The Morgan fingerprint density at radius 2 is 2.26 bits per heavy atom. The van der Waals surface area contributed by atoms with E-state index in [0.717, 1.165) is 10.4 Å². The smallest absolute Gasteiger partial charge is 0.247 e. The van der Waals surface area contributed by atoms with Gasteiger partial charge in [0.2, 0.25) is 5.70 Å². The number of nitro groups is 1. The molecule has 2 aromatic heterocycles. The summed E-state index contributed by atoms with van der Waals surface area (Å²) in [7, 11) is 0. The van der Waals surface area contributed by atoms with Crippen LogP contribution in [0.4, 0.5) is 0 Å². The lowest BCUT2D eigenvalue weighted by atomic mass is 10.1. The van der Waals surface area contributed by atoms with E-state index in [4.69, 9.17) is 0 Å². The first-order valence-electron chi connectivity index (χ1n) is 6.03. The third kappa shape index (κ3) is 3.75. The summed E-state index contributed by atoms with van der Waals surface area (Å²) in [5.74, 6) is 0.286. The van der Waals surface area contributed by atoms with E-state index in [9.17, 15) is 10.1 Å². The van der Waals surface area contributed by atoms with E-state index in [1.54, 1.807) is 28.7 Å². The van der Waals surface area contributed by atoms with Crippen LogP contribution in [-0.4, -0.2) is 4.92 Å². The number of hydrogen-bond donors (Lipinski definition) is 0. The minimum Gasteiger partial charge on any atom is -0.259 e. The predicted molar refractivity (Wildman–Crippen MR) is 82.1 cm³/mol. The van der Waals surface area contributed by atoms with E-state index in [1.165, 1.54) is 4.88 Å². The van der Waals surface area contributed by atoms with E-state index in [1.807, 2.05) is 36.7 Å². The molecule has 0 N–H and O–H groups in total. The van der Waals surface area contributed by atoms with Crippen LogP contribution in [0, 0.1) is 16.0 Å². The normalized spacial score (nSPS) is 12.1. The predicted octanol–water partition coefficient (Wildman–Crippen LogP) is 5.14. The summed E-state index contributed by atoms with van der Waals surface area (Å²) in [4.78, 5) is 12.9. The van der Waals surface area contributed by atoms with E-state index in [2.05, 4.69) is 6.07 Å². The average molecular weight is 293 g/mol. The summed E-state index contributed by atoms with van der Waals surface area (Å²) >= 11 is 3.22. The summed E-state index contributed by atoms with van der Waals surface area (Å²) in [5.41, 5.74) is 1.42. The molecule has 2 aromatic rings. The van der Waals surface area contributed by atoms with Gasteiger partial charge in [-0.05, 0) is 28.8 Å². The summed E-state index contributed by atoms with van der Waals surface area (Å²) in [5, 5.41) is 15.1. The van der Waals surface area contributed by atoms with Crippen LogP contribution in [0.25, 0.3) is 16.5 Å². The number of allylic oxidation sites excluding steroid dienone is 1. The molecular formula is C14H15NO2S2. The molecule has 0 radical (unpaired) electrons. The second kappa shape index (κ2) is 6.12. The van der Waals surface area contributed by atoms with E-state index >= 15 is 0 Å². The summed E-state index contributed by atoms with van der Waals surface area (Å²) in [6.45, 7) is 3.98. The Morgan fingerprint density at radius 3 is 2.84 bits per heavy atom. The van der Waals surface area contributed by atoms with Crippen molar-refractivity contribution in [2.24, 2.45) is 5.92 Å². The Labute approximate surface area is 120 Å². The molecule has 3 nitrogen and oxygen atoms in total. The van der Waals surface area contributed by atoms with E-state index < -0.39 is 0 Å². The molecule has 0 saturated heterocycles. The van der Waals surface area contributed by atoms with Crippen molar-refractivity contribution >= 4 is 28.7 Å². The molecule has 0 aliphatic carbocycles. The number of thiophene rings is 2. The fraction of sp³-hybridized carbons (Fsp3) is 0.286. The molecule has 0 amide bonds. The highest BCUT2D eigenvalue weighted by Crippen LogP contribution is 2.30. The van der Waals surface area contributed by atoms with Gasteiger partial charge < -0.3 is 0 Å². The zero-order chi connectivity index (χ0) is 13.8. The van der Waals surface area contributed by atoms with Gasteiger partial charge in [-0.1, -0.05) is 19.9 Å². The van der Waals surface area contributed by atoms with Crippen molar-refractivity contribution in [3.8, 4) is 10.4 Å². The highest BCUT2D eigenvalue weighted by molar-refractivity contribution is 7.15. The molecule has 0 unspecified atom stereocenters. The first-order valence-corrected chi connectivity index (χ1v) is 7.79. The Balaban J connectivity index is 2.24. The summed E-state index contributed by atoms with van der Waals surface area (Å²) < 4.78 is 0. The van der Waals surface area contributed by atoms with Gasteiger partial charge in [0.15, 0.2) is 0 Å². The zero-order valence-corrected chi connectivity index (χ0v) is 12.5. The monoisotopic (exact) mass is 293 g/mol. The van der Waals surface area contributed by atoms with Gasteiger partial charge in [0, 0.05) is 27.8 Å². The fourth-order valence-corrected chi connectivity index (χ4v) is 3.42. The summed E-state index contributed by atoms with van der Waals surface area (Å²) in [6, 6.07) is 6.08. The molecule has 0 atom stereocenters. The standard InChI is InChI=1S/C14H15NO2S2/c1-10(2)6-12(15(16)17)8-13-7-11(9-19-13)14-4-3-5-18-14/h3-5,7-10H,6H2,1-2H3/b12-8+. The van der Waals surface area contributed by atoms with Crippen molar-refractivity contribution in [3.63, 3.8) is 0 Å². The topological polar surface area (TPSA) is 43.1 Å². The first kappa shape index (κ1) is 14.0. The molecule has 2 rings (SSSR count). The Kier molecular flexibility index (Phi) is 4.50. The van der Waals surface area contributed by atoms with Crippen molar-refractivity contribution in [1.82, 2.24) is 0 Å². The van der Waals surface area contributed by atoms with Crippen molar-refractivity contribution in [1.29, 1.82) is 0 Å². The first-order chi connectivity index (χ1) is 9.06. The molecule has 0 aromatic carbocycles. The quantitative estimate of drug-likeness (QED) is 0.566. The van der Waals surface area contributed by atoms with Crippen LogP contribution >= 0.6 is 22.7 Å². The second-order valence-corrected chi connectivity index (χ2v) is 6.60. The molecule has 0 spiro atoms. The molecule has 2 heterocycles. The Bertz CT molecular complexity index is 582. The molecule has 0 fully saturated rings. The third-order valence-electron chi connectivity index (χ3n) is 2.59. The SMILES string of the molecule is CC(C)C/C(=C\c1cc(-c2cccs2)cs1)[N+](=O)[O-]. The zero-order valence-electron chi connectivity index (χ0n) is 10.8. The van der Waals surface area contributed by atoms with Gasteiger partial charge in [-0.3, -0.25) is 10.1 Å². The van der Waals surface area contributed by atoms with Crippen LogP contribution in [0.5, 0.6) is 0 Å². The minimum atomic E-state index is -0.273. The van der Waals surface area contributed by atoms with Crippen LogP contribution in [0.15, 0.2) is 34.7 Å². The molecular weight excluding hydrogens is 278 g/mol. The molecule has 19 heavy (non-hydrogen) atoms. The number of hydrogen-bond acceptors (Lipinski definition) is 4. The lowest BCUT2D eigenvalue weighted by Gasteiger charge is -2.01. The third-order valence-corrected chi connectivity index (χ3v) is 4.38. The highest BCUT2D eigenvalue weighted by Gasteiger charge is 2.14. The van der Waals surface area contributed by atoms with Gasteiger partial charge in [0.1, 0.15) is 0 Å². The molecule has 0 aliphatic heterocycles. The van der Waals surface area contributed by atoms with Crippen molar-refractivity contribution in [2.45, 2.75) is 20.3 Å². The van der Waals surface area contributed by atoms with E-state index in [-0.39, 0.29) is 16.5 Å². The average Bonchev–Trinajstić information content (AvgIpc) is 2.97. The van der Waals surface area contributed by atoms with Crippen LogP contribution in [0.3, 0.4) is 0 Å². The highest BCUT2D eigenvalue weighted by atomic mass is 32.1. The van der Waals surface area contributed by atoms with Crippen LogP contribution in [-0.2, 0) is 0 Å². The summed E-state index contributed by atoms with van der Waals surface area (Å²) in [6.07, 6.45) is 2.20. The van der Waals surface area contributed by atoms with Gasteiger partial charge in [-0.15, -0.1) is 22.7 Å². The maximum atomic E-state index is 11.0. The van der Waals surface area contributed by atoms with Crippen molar-refractivity contribution < 1.29 is 4.92 Å². The Morgan fingerprint density at radius 1 is 1.47 bits per heavy atom. The maximum Gasteiger partial charge on any atom is 0.247 e. The van der Waals surface area contributed by atoms with Gasteiger partial charge in [-0.2, -0.15) is 0 Å². The van der Waals surface area contributed by atoms with Crippen molar-refractivity contribution in [3.05, 3.63) is 49.6 Å². The van der Waals surface area contributed by atoms with Crippen LogP contribution < -0.4 is 0 Å². The van der Waals surface area contributed by atoms with Crippen LogP contribution in [0.1, 0.15) is 25.1 Å². The molecule has 0 bridgehead atoms. The molecule has 0 saturated carbocycles. The molecule has 0 aliphatic rings. The van der Waals surface area contributed by atoms with Gasteiger partial charge in [0.25, 0.3) is 0 Å². The minimum absolute atomic E-state index is 0.273. The fourth-order valence-electron chi connectivity index (χ4n) is 1.77. The van der Waals surface area contributed by atoms with Gasteiger partial charge in [-0.25, -0.2) is 0 Å². The second-order valence-electron chi connectivity index (χ2n) is 4.71. The van der Waals surface area contributed by atoms with E-state index in [0.29, 0.717) is 6.42 Å². The molecule has 100 valence electrons. The largest absolute Gasteiger partial charge is 0.259 e. The number of rotatable bonds is 5. The number of nitrogens with zero attached hydrogens (tertiary/aromatic N) is 1. The van der Waals surface area contributed by atoms with Gasteiger partial charge >= 0.3 is 0 Å². The maximum absolute atomic E-state index is 11.0. The Hall–Kier alpha value is -1.46. The molecule has 5 heteroatoms. The lowest BCUT2D eigenvalue weighted by Crippen LogP contribution is -2.01. The lowest BCUT2D eigenvalue weighted by molar-refractivity contribution is -0.427. The van der Waals surface area contributed by atoms with Crippen LogP contribution in [0.2, 0.25) is 0 Å². The van der Waals surface area contributed by atoms with Gasteiger partial charge in [0.05, 0.1) is 4.92 Å². The van der Waals surface area contributed by atoms with Crippen molar-refractivity contribution in [2.75, 3.05) is 0 Å².